The number of hydrogen-bond donors (Lipinski definition) is 0. The second kappa shape index (κ2) is 12.3. The Balaban J connectivity index is 6.08. The lowest BCUT2D eigenvalue weighted by atomic mass is 10.2. The maximum absolute atomic E-state index is 11.4. The summed E-state index contributed by atoms with van der Waals surface area (Å²) in [5, 5.41) is 0. The molecule has 31 heavy (non-hydrogen) atoms. The van der Waals surface area contributed by atoms with Gasteiger partial charge >= 0.3 is 7.74 Å². The lowest BCUT2D eigenvalue weighted by molar-refractivity contribution is -0.110. The minimum atomic E-state index is -3.14. The van der Waals surface area contributed by atoms with Crippen molar-refractivity contribution in [1.82, 2.24) is 0 Å². The third-order valence-corrected chi connectivity index (χ3v) is 12.2. The smallest absolute Gasteiger partial charge is 0.362 e. The number of aldehydes is 1. The van der Waals surface area contributed by atoms with Crippen molar-refractivity contribution in [1.29, 1.82) is 0 Å². The molecule has 0 aromatic rings. The Kier molecular flexibility index (Phi) is 12.5. The van der Waals surface area contributed by atoms with Gasteiger partial charge in [-0.15, -0.1) is 0 Å². The first kappa shape index (κ1) is 31.5. The number of carbonyl (C=O) groups excluding carboxylic acids is 1. The van der Waals surface area contributed by atoms with E-state index in [-0.39, 0.29) is 13.0 Å². The van der Waals surface area contributed by atoms with Gasteiger partial charge in [-0.25, -0.2) is 0 Å². The van der Waals surface area contributed by atoms with Crippen molar-refractivity contribution in [2.75, 3.05) is 13.7 Å². The third kappa shape index (κ3) is 15.9. The standard InChI is InChI=1S/C18H46NO7PSi4/c1-21-19-27(25-30(8,9)10,26-31(11,12)13)22-16-18(24-29(5,6)7)17(14-15-20)23-28(2,3)4/h15,17-18H,14,16H2,1-13H3/t17-,18+/m0/s1. The third-order valence-electron chi connectivity index (χ3n) is 3.12. The van der Waals surface area contributed by atoms with Crippen molar-refractivity contribution >= 4 is 47.3 Å². The quantitative estimate of drug-likeness (QED) is 0.107. The molecule has 8 nitrogen and oxygen atoms in total. The van der Waals surface area contributed by atoms with Crippen LogP contribution in [0.1, 0.15) is 6.42 Å². The van der Waals surface area contributed by atoms with Crippen LogP contribution < -0.4 is 0 Å². The van der Waals surface area contributed by atoms with Crippen LogP contribution in [0.3, 0.4) is 0 Å². The molecule has 0 aromatic carbocycles. The van der Waals surface area contributed by atoms with Gasteiger partial charge in [0.2, 0.25) is 0 Å². The predicted octanol–water partition coefficient (Wildman–Crippen LogP) is 6.24. The lowest BCUT2D eigenvalue weighted by Gasteiger charge is -2.38. The van der Waals surface area contributed by atoms with Crippen molar-refractivity contribution in [3.8, 4) is 0 Å². The molecule has 186 valence electrons. The van der Waals surface area contributed by atoms with E-state index >= 15 is 0 Å². The predicted molar refractivity (Wildman–Crippen MR) is 138 cm³/mol. The molecule has 0 radical (unpaired) electrons. The topological polar surface area (TPSA) is 84.8 Å². The van der Waals surface area contributed by atoms with Crippen LogP contribution in [-0.2, 0) is 31.4 Å². The van der Waals surface area contributed by atoms with Gasteiger partial charge in [0.25, 0.3) is 0 Å². The van der Waals surface area contributed by atoms with Crippen LogP contribution in [-0.4, -0.2) is 65.5 Å². The molecule has 0 unspecified atom stereocenters. The Labute approximate surface area is 194 Å². The molecule has 0 aromatic heterocycles. The Morgan fingerprint density at radius 2 is 1.16 bits per heavy atom. The molecular weight excluding hydrogens is 486 g/mol. The van der Waals surface area contributed by atoms with Crippen LogP contribution in [0.4, 0.5) is 0 Å². The van der Waals surface area contributed by atoms with E-state index < -0.39 is 53.2 Å². The number of hydrogen-bond acceptors (Lipinski definition) is 8. The van der Waals surface area contributed by atoms with E-state index in [0.29, 0.717) is 0 Å². The van der Waals surface area contributed by atoms with Gasteiger partial charge in [0, 0.05) is 6.42 Å². The van der Waals surface area contributed by atoms with Crippen LogP contribution in [0.25, 0.3) is 0 Å². The zero-order valence-corrected chi connectivity index (χ0v) is 26.8. The highest BCUT2D eigenvalue weighted by atomic mass is 31.2. The molecule has 0 heterocycles. The molecule has 0 aliphatic heterocycles. The van der Waals surface area contributed by atoms with Gasteiger partial charge in [-0.05, 0) is 78.6 Å². The molecular formula is C18H46NO7PSi4. The van der Waals surface area contributed by atoms with E-state index in [2.05, 4.69) is 83.5 Å². The molecule has 13 heteroatoms. The van der Waals surface area contributed by atoms with Gasteiger partial charge < -0.3 is 22.1 Å². The van der Waals surface area contributed by atoms with Gasteiger partial charge in [-0.1, -0.05) is 4.91 Å². The van der Waals surface area contributed by atoms with Crippen LogP contribution in [0.2, 0.25) is 78.6 Å². The Morgan fingerprint density at radius 3 is 1.48 bits per heavy atom. The van der Waals surface area contributed by atoms with Crippen molar-refractivity contribution < 1.29 is 31.4 Å². The van der Waals surface area contributed by atoms with E-state index in [9.17, 15) is 4.79 Å². The largest absolute Gasteiger partial charge is 0.412 e. The highest BCUT2D eigenvalue weighted by Gasteiger charge is 2.39. The van der Waals surface area contributed by atoms with Crippen LogP contribution >= 0.6 is 7.74 Å². The van der Waals surface area contributed by atoms with E-state index in [1.54, 1.807) is 0 Å². The van der Waals surface area contributed by atoms with E-state index in [0.717, 1.165) is 6.29 Å². The molecule has 0 aliphatic carbocycles. The van der Waals surface area contributed by atoms with Gasteiger partial charge in [0.05, 0.1) is 25.9 Å². The second-order valence-electron chi connectivity index (χ2n) is 11.4. The van der Waals surface area contributed by atoms with E-state index in [4.69, 9.17) is 26.6 Å². The van der Waals surface area contributed by atoms with Crippen LogP contribution in [0.15, 0.2) is 4.91 Å². The summed E-state index contributed by atoms with van der Waals surface area (Å²) >= 11 is 0. The Morgan fingerprint density at radius 1 is 0.742 bits per heavy atom. The summed E-state index contributed by atoms with van der Waals surface area (Å²) in [5.74, 6) is 0. The average molecular weight is 532 g/mol. The molecule has 0 amide bonds. The molecule has 0 spiro atoms. The first-order valence-electron chi connectivity index (χ1n) is 10.7. The SMILES string of the molecule is CON=P(OC[C@@H](O[Si](C)(C)C)[C@H](CC=O)O[Si](C)(C)C)(O[Si](C)(C)C)O[Si](C)(C)C. The van der Waals surface area contributed by atoms with Crippen molar-refractivity contribution in [2.24, 2.45) is 4.91 Å². The number of nitrogens with zero attached hydrogens (tertiary/aromatic N) is 1. The van der Waals surface area contributed by atoms with Crippen molar-refractivity contribution in [3.63, 3.8) is 0 Å². The molecule has 0 saturated carbocycles. The summed E-state index contributed by atoms with van der Waals surface area (Å²) in [6, 6.07) is 0. The summed E-state index contributed by atoms with van der Waals surface area (Å²) in [5.41, 5.74) is 0. The Bertz CT molecular complexity index is 590. The lowest BCUT2D eigenvalue weighted by Crippen LogP contribution is -2.47. The van der Waals surface area contributed by atoms with Gasteiger partial charge in [-0.2, -0.15) is 0 Å². The monoisotopic (exact) mass is 531 g/mol. The summed E-state index contributed by atoms with van der Waals surface area (Å²) in [4.78, 5) is 20.8. The van der Waals surface area contributed by atoms with Crippen molar-refractivity contribution in [2.45, 2.75) is 97.2 Å². The minimum absolute atomic E-state index is 0.142. The molecule has 0 rings (SSSR count). The zero-order chi connectivity index (χ0) is 24.7. The van der Waals surface area contributed by atoms with Crippen LogP contribution in [0, 0.1) is 0 Å². The van der Waals surface area contributed by atoms with Crippen LogP contribution in [0.5, 0.6) is 0 Å². The fourth-order valence-electron chi connectivity index (χ4n) is 2.58. The number of rotatable bonds is 15. The second-order valence-corrected chi connectivity index (χ2v) is 31.6. The van der Waals surface area contributed by atoms with Gasteiger partial charge in [-0.3, -0.25) is 9.36 Å². The molecule has 2 atom stereocenters. The highest BCUT2D eigenvalue weighted by Crippen LogP contribution is 2.57. The van der Waals surface area contributed by atoms with Gasteiger partial charge in [0.1, 0.15) is 6.29 Å². The summed E-state index contributed by atoms with van der Waals surface area (Å²) in [6.45, 7) is 25.1. The van der Waals surface area contributed by atoms with E-state index in [1.807, 2.05) is 0 Å². The zero-order valence-electron chi connectivity index (χ0n) is 21.9. The van der Waals surface area contributed by atoms with E-state index in [1.165, 1.54) is 7.11 Å². The first-order chi connectivity index (χ1) is 13.7. The summed E-state index contributed by atoms with van der Waals surface area (Å²) in [6.07, 6.45) is 0.272. The van der Waals surface area contributed by atoms with Gasteiger partial charge in [0.15, 0.2) is 33.3 Å². The summed E-state index contributed by atoms with van der Waals surface area (Å²) < 4.78 is 31.8. The average Bonchev–Trinajstić information content (AvgIpc) is 2.45. The summed E-state index contributed by atoms with van der Waals surface area (Å²) in [7, 11) is -9.76. The molecule has 0 fully saturated rings. The number of carbonyl (C=O) groups is 1. The minimum Gasteiger partial charge on any atom is -0.412 e. The Hall–Kier alpha value is 0.528. The molecule has 0 saturated heterocycles. The molecule has 0 bridgehead atoms. The molecule has 0 N–H and O–H groups in total. The maximum atomic E-state index is 11.4. The molecule has 0 aliphatic rings. The fourth-order valence-corrected chi connectivity index (χ4v) is 12.2. The maximum Gasteiger partial charge on any atom is 0.362 e. The highest BCUT2D eigenvalue weighted by molar-refractivity contribution is 7.54. The fraction of sp³-hybridized carbons (Fsp3) is 0.944. The van der Waals surface area contributed by atoms with Crippen molar-refractivity contribution in [3.05, 3.63) is 0 Å². The normalized spacial score (nSPS) is 16.2. The first-order valence-corrected chi connectivity index (χ1v) is 25.8.